The highest BCUT2D eigenvalue weighted by Gasteiger charge is 2.25. The number of hydrogen-bond acceptors (Lipinski definition) is 3. The molecule has 4 heteroatoms. The molecule has 1 atom stereocenters. The molecule has 1 saturated heterocycles. The number of para-hydroxylation sites is 2. The van der Waals surface area contributed by atoms with Gasteiger partial charge in [-0.2, -0.15) is 0 Å². The number of ether oxygens (including phenoxy) is 1. The molecule has 2 aromatic carbocycles. The van der Waals surface area contributed by atoms with E-state index in [1.165, 1.54) is 0 Å². The normalized spacial score (nSPS) is 17.7. The van der Waals surface area contributed by atoms with Gasteiger partial charge in [-0.05, 0) is 25.0 Å². The topological polar surface area (TPSA) is 44.1 Å². The van der Waals surface area contributed by atoms with Gasteiger partial charge in [-0.25, -0.2) is 4.98 Å². The molecule has 1 aliphatic heterocycles. The molecular weight excluding hydrogens is 288 g/mol. The van der Waals surface area contributed by atoms with Crippen LogP contribution in [0, 0.1) is 0 Å². The number of fused-ring (bicyclic) bond motifs is 1. The van der Waals surface area contributed by atoms with Crippen molar-refractivity contribution >= 4 is 16.8 Å². The minimum absolute atomic E-state index is 0.00836. The van der Waals surface area contributed by atoms with Gasteiger partial charge in [-0.3, -0.25) is 4.79 Å². The van der Waals surface area contributed by atoms with Crippen LogP contribution in [0.2, 0.25) is 0 Å². The van der Waals surface area contributed by atoms with E-state index in [1.807, 2.05) is 59.2 Å². The average molecular weight is 306 g/mol. The molecule has 1 aromatic heterocycles. The first-order chi connectivity index (χ1) is 11.3. The molecule has 0 aliphatic carbocycles. The second kappa shape index (κ2) is 5.97. The zero-order valence-electron chi connectivity index (χ0n) is 12.8. The van der Waals surface area contributed by atoms with Gasteiger partial charge in [-0.1, -0.05) is 42.5 Å². The Morgan fingerprint density at radius 3 is 2.70 bits per heavy atom. The smallest absolute Gasteiger partial charge is 0.182 e. The van der Waals surface area contributed by atoms with Crippen LogP contribution < -0.4 is 0 Å². The zero-order chi connectivity index (χ0) is 15.6. The summed E-state index contributed by atoms with van der Waals surface area (Å²) in [6, 6.07) is 17.4. The average Bonchev–Trinajstić information content (AvgIpc) is 3.24. The van der Waals surface area contributed by atoms with Crippen molar-refractivity contribution in [3.8, 4) is 0 Å². The molecule has 23 heavy (non-hydrogen) atoms. The lowest BCUT2D eigenvalue weighted by Crippen LogP contribution is -2.15. The number of benzene rings is 2. The van der Waals surface area contributed by atoms with Crippen molar-refractivity contribution in [2.75, 3.05) is 6.61 Å². The third kappa shape index (κ3) is 2.66. The number of aromatic nitrogens is 2. The van der Waals surface area contributed by atoms with E-state index in [-0.39, 0.29) is 11.9 Å². The highest BCUT2D eigenvalue weighted by molar-refractivity contribution is 5.96. The second-order valence-electron chi connectivity index (χ2n) is 5.84. The lowest BCUT2D eigenvalue weighted by Gasteiger charge is -2.13. The Morgan fingerprint density at radius 1 is 1.13 bits per heavy atom. The molecule has 0 radical (unpaired) electrons. The van der Waals surface area contributed by atoms with Gasteiger partial charge in [0.2, 0.25) is 0 Å². The van der Waals surface area contributed by atoms with Gasteiger partial charge in [0.15, 0.2) is 5.78 Å². The molecule has 116 valence electrons. The summed E-state index contributed by atoms with van der Waals surface area (Å²) in [4.78, 5) is 17.4. The van der Waals surface area contributed by atoms with E-state index in [9.17, 15) is 4.79 Å². The highest BCUT2D eigenvalue weighted by atomic mass is 16.5. The Balaban J connectivity index is 1.75. The molecule has 0 spiro atoms. The first-order valence-electron chi connectivity index (χ1n) is 7.98. The maximum Gasteiger partial charge on any atom is 0.182 e. The minimum Gasteiger partial charge on any atom is -0.370 e. The van der Waals surface area contributed by atoms with Gasteiger partial charge < -0.3 is 9.30 Å². The summed E-state index contributed by atoms with van der Waals surface area (Å²) in [7, 11) is 0. The second-order valence-corrected chi connectivity index (χ2v) is 5.84. The van der Waals surface area contributed by atoms with Crippen LogP contribution in [0.1, 0.15) is 35.1 Å². The van der Waals surface area contributed by atoms with Crippen LogP contribution in [0.3, 0.4) is 0 Å². The largest absolute Gasteiger partial charge is 0.370 e. The number of rotatable bonds is 4. The molecule has 0 bridgehead atoms. The summed E-state index contributed by atoms with van der Waals surface area (Å²) in [5.74, 6) is 0.959. The van der Waals surface area contributed by atoms with E-state index >= 15 is 0 Å². The fourth-order valence-corrected chi connectivity index (χ4v) is 3.15. The van der Waals surface area contributed by atoms with Crippen LogP contribution in [-0.2, 0) is 11.3 Å². The van der Waals surface area contributed by atoms with Gasteiger partial charge in [-0.15, -0.1) is 0 Å². The predicted molar refractivity (Wildman–Crippen MR) is 88.4 cm³/mol. The Bertz CT molecular complexity index is 833. The number of imidazole rings is 1. The quantitative estimate of drug-likeness (QED) is 0.689. The van der Waals surface area contributed by atoms with Gasteiger partial charge >= 0.3 is 0 Å². The van der Waals surface area contributed by atoms with Crippen molar-refractivity contribution in [2.45, 2.75) is 25.5 Å². The Labute approximate surface area is 134 Å². The van der Waals surface area contributed by atoms with Gasteiger partial charge in [0, 0.05) is 12.2 Å². The first-order valence-corrected chi connectivity index (χ1v) is 7.98. The maximum absolute atomic E-state index is 12.6. The van der Waals surface area contributed by atoms with Crippen molar-refractivity contribution < 1.29 is 9.53 Å². The standard InChI is InChI=1S/C19H18N2O2/c22-17(14-7-2-1-3-8-14)13-21-16-10-5-4-9-15(16)20-19(21)18-11-6-12-23-18/h1-5,7-10,18H,6,11-13H2. The predicted octanol–water partition coefficient (Wildman–Crippen LogP) is 3.77. The summed E-state index contributed by atoms with van der Waals surface area (Å²) >= 11 is 0. The van der Waals surface area contributed by atoms with Crippen molar-refractivity contribution in [1.82, 2.24) is 9.55 Å². The number of nitrogens with zero attached hydrogens (tertiary/aromatic N) is 2. The van der Waals surface area contributed by atoms with E-state index < -0.39 is 0 Å². The fraction of sp³-hybridized carbons (Fsp3) is 0.263. The molecular formula is C19H18N2O2. The SMILES string of the molecule is O=C(Cn1c(C2CCCO2)nc2ccccc21)c1ccccc1. The molecule has 0 N–H and O–H groups in total. The molecule has 1 unspecified atom stereocenters. The van der Waals surface area contributed by atoms with Crippen LogP contribution in [0.25, 0.3) is 11.0 Å². The van der Waals surface area contributed by atoms with Crippen molar-refractivity contribution in [1.29, 1.82) is 0 Å². The van der Waals surface area contributed by atoms with Crippen LogP contribution in [-0.4, -0.2) is 21.9 Å². The molecule has 1 fully saturated rings. The first kappa shape index (κ1) is 14.2. The van der Waals surface area contributed by atoms with Crippen LogP contribution in [0.5, 0.6) is 0 Å². The Morgan fingerprint density at radius 2 is 1.91 bits per heavy atom. The minimum atomic E-state index is -0.00836. The van der Waals surface area contributed by atoms with Gasteiger partial charge in [0.25, 0.3) is 0 Å². The number of carbonyl (C=O) groups is 1. The Kier molecular flexibility index (Phi) is 3.67. The molecule has 2 heterocycles. The maximum atomic E-state index is 12.6. The highest BCUT2D eigenvalue weighted by Crippen LogP contribution is 2.30. The summed E-state index contributed by atoms with van der Waals surface area (Å²) in [6.07, 6.45) is 1.99. The summed E-state index contributed by atoms with van der Waals surface area (Å²) in [6.45, 7) is 1.06. The number of Topliss-reactive ketones (excluding diaryl/α,β-unsaturated/α-hetero) is 1. The molecule has 3 aromatic rings. The lowest BCUT2D eigenvalue weighted by molar-refractivity contribution is 0.0933. The van der Waals surface area contributed by atoms with E-state index in [0.29, 0.717) is 6.54 Å². The molecule has 0 saturated carbocycles. The van der Waals surface area contributed by atoms with Crippen molar-refractivity contribution in [3.05, 3.63) is 66.0 Å². The summed E-state index contributed by atoms with van der Waals surface area (Å²) in [5.41, 5.74) is 2.63. The van der Waals surface area contributed by atoms with Crippen molar-refractivity contribution in [3.63, 3.8) is 0 Å². The third-order valence-electron chi connectivity index (χ3n) is 4.30. The number of carbonyl (C=O) groups excluding carboxylic acids is 1. The molecule has 4 nitrogen and oxygen atoms in total. The van der Waals surface area contributed by atoms with E-state index in [0.717, 1.165) is 41.9 Å². The summed E-state index contributed by atoms with van der Waals surface area (Å²) in [5, 5.41) is 0. The van der Waals surface area contributed by atoms with Crippen LogP contribution in [0.15, 0.2) is 54.6 Å². The fourth-order valence-electron chi connectivity index (χ4n) is 3.15. The lowest BCUT2D eigenvalue weighted by atomic mass is 10.1. The molecule has 4 rings (SSSR count). The third-order valence-corrected chi connectivity index (χ3v) is 4.30. The van der Waals surface area contributed by atoms with Gasteiger partial charge in [0.05, 0.1) is 17.6 Å². The monoisotopic (exact) mass is 306 g/mol. The molecule has 1 aliphatic rings. The van der Waals surface area contributed by atoms with Crippen LogP contribution >= 0.6 is 0 Å². The molecule has 0 amide bonds. The van der Waals surface area contributed by atoms with E-state index in [1.54, 1.807) is 0 Å². The number of ketones is 1. The van der Waals surface area contributed by atoms with Crippen molar-refractivity contribution in [2.24, 2.45) is 0 Å². The van der Waals surface area contributed by atoms with Crippen LogP contribution in [0.4, 0.5) is 0 Å². The van der Waals surface area contributed by atoms with E-state index in [4.69, 9.17) is 9.72 Å². The number of hydrogen-bond donors (Lipinski definition) is 0. The van der Waals surface area contributed by atoms with E-state index in [2.05, 4.69) is 0 Å². The zero-order valence-corrected chi connectivity index (χ0v) is 12.8. The van der Waals surface area contributed by atoms with Gasteiger partial charge in [0.1, 0.15) is 11.9 Å². The Hall–Kier alpha value is -2.46. The summed E-state index contributed by atoms with van der Waals surface area (Å²) < 4.78 is 7.82.